The van der Waals surface area contributed by atoms with Crippen molar-refractivity contribution in [1.82, 2.24) is 10.6 Å². The first-order valence-electron chi connectivity index (χ1n) is 7.24. The Morgan fingerprint density at radius 2 is 1.86 bits per heavy atom. The zero-order chi connectivity index (χ0) is 13.8. The number of carbonyl (C=O) groups excluding carboxylic acids is 1. The number of nitrogens with zero attached hydrogens (tertiary/aromatic N) is 1. The van der Waals surface area contributed by atoms with Crippen LogP contribution in [-0.2, 0) is 4.79 Å². The summed E-state index contributed by atoms with van der Waals surface area (Å²) < 4.78 is 0. The number of carbonyl (C=O) groups is 1. The van der Waals surface area contributed by atoms with Crippen molar-refractivity contribution >= 4 is 48.2 Å². The molecule has 2 saturated heterocycles. The summed E-state index contributed by atoms with van der Waals surface area (Å²) in [4.78, 5) is 14.5. The summed E-state index contributed by atoms with van der Waals surface area (Å²) in [6.07, 6.45) is 2.06. The molecule has 1 aromatic rings. The van der Waals surface area contributed by atoms with Crippen LogP contribution in [0.3, 0.4) is 0 Å². The van der Waals surface area contributed by atoms with E-state index in [0.717, 1.165) is 37.6 Å². The minimum Gasteiger partial charge on any atom is -0.371 e. The number of halogens is 2. The molecule has 4 nitrogen and oxygen atoms in total. The van der Waals surface area contributed by atoms with Gasteiger partial charge in [0.05, 0.1) is 6.04 Å². The van der Waals surface area contributed by atoms with E-state index in [1.807, 2.05) is 6.07 Å². The number of amides is 1. The Bertz CT molecular complexity index is 449. The molecule has 1 amide bonds. The van der Waals surface area contributed by atoms with E-state index in [2.05, 4.69) is 39.8 Å². The topological polar surface area (TPSA) is 44.4 Å². The fraction of sp³-hybridized carbons (Fsp3) is 0.533. The Morgan fingerprint density at radius 3 is 2.45 bits per heavy atom. The maximum Gasteiger partial charge on any atom is 0.238 e. The molecule has 3 rings (SSSR count). The molecule has 1 atom stereocenters. The lowest BCUT2D eigenvalue weighted by atomic mass is 10.0. The Balaban J connectivity index is 0.00000121. The lowest BCUT2D eigenvalue weighted by molar-refractivity contribution is -0.123. The number of hydrogen-bond acceptors (Lipinski definition) is 4. The van der Waals surface area contributed by atoms with E-state index < -0.39 is 0 Å². The van der Waals surface area contributed by atoms with Crippen molar-refractivity contribution in [2.24, 2.45) is 0 Å². The highest BCUT2D eigenvalue weighted by Crippen LogP contribution is 2.19. The van der Waals surface area contributed by atoms with Crippen LogP contribution in [0.15, 0.2) is 30.3 Å². The van der Waals surface area contributed by atoms with E-state index in [0.29, 0.717) is 6.04 Å². The number of thioether (sulfide) groups is 1. The third kappa shape index (κ3) is 4.95. The summed E-state index contributed by atoms with van der Waals surface area (Å²) in [7, 11) is 0. The van der Waals surface area contributed by atoms with Crippen molar-refractivity contribution in [1.29, 1.82) is 0 Å². The number of hydrogen-bond donors (Lipinski definition) is 2. The number of anilines is 1. The van der Waals surface area contributed by atoms with Gasteiger partial charge < -0.3 is 10.2 Å². The summed E-state index contributed by atoms with van der Waals surface area (Å²) in [5, 5.41) is 6.41. The van der Waals surface area contributed by atoms with Crippen LogP contribution in [0.5, 0.6) is 0 Å². The summed E-state index contributed by atoms with van der Waals surface area (Å²) in [5.74, 6) is 1.97. The van der Waals surface area contributed by atoms with Gasteiger partial charge in [0.2, 0.25) is 5.91 Å². The zero-order valence-electron chi connectivity index (χ0n) is 12.4. The van der Waals surface area contributed by atoms with Crippen LogP contribution in [-0.4, -0.2) is 42.7 Å². The molecule has 1 unspecified atom stereocenters. The molecule has 2 fully saturated rings. The first-order chi connectivity index (χ1) is 9.83. The third-order valence-corrected chi connectivity index (χ3v) is 4.94. The van der Waals surface area contributed by atoms with E-state index in [4.69, 9.17) is 0 Å². The molecule has 2 heterocycles. The quantitative estimate of drug-likeness (QED) is 0.864. The van der Waals surface area contributed by atoms with Gasteiger partial charge in [0.25, 0.3) is 0 Å². The predicted octanol–water partition coefficient (Wildman–Crippen LogP) is 2.28. The van der Waals surface area contributed by atoms with Gasteiger partial charge in [0, 0.05) is 36.4 Å². The normalized spacial score (nSPS) is 21.6. The summed E-state index contributed by atoms with van der Waals surface area (Å²) >= 11 is 1.79. The van der Waals surface area contributed by atoms with E-state index in [1.54, 1.807) is 11.8 Å². The number of benzene rings is 1. The molecule has 0 spiro atoms. The van der Waals surface area contributed by atoms with Crippen molar-refractivity contribution in [3.8, 4) is 0 Å². The summed E-state index contributed by atoms with van der Waals surface area (Å²) in [6.45, 7) is 2.03. The van der Waals surface area contributed by atoms with E-state index in [9.17, 15) is 4.79 Å². The van der Waals surface area contributed by atoms with Crippen molar-refractivity contribution in [2.45, 2.75) is 24.9 Å². The Morgan fingerprint density at radius 1 is 1.18 bits per heavy atom. The van der Waals surface area contributed by atoms with Crippen LogP contribution in [0.25, 0.3) is 0 Å². The third-order valence-electron chi connectivity index (χ3n) is 4.00. The molecular formula is C15H23Cl2N3OS. The van der Waals surface area contributed by atoms with E-state index in [1.165, 1.54) is 5.69 Å². The average Bonchev–Trinajstić information content (AvgIpc) is 3.03. The lowest BCUT2D eigenvalue weighted by Crippen LogP contribution is -2.50. The Hall–Kier alpha value is -0.620. The molecule has 124 valence electrons. The fourth-order valence-electron chi connectivity index (χ4n) is 2.79. The van der Waals surface area contributed by atoms with Gasteiger partial charge in [-0.05, 0) is 25.0 Å². The van der Waals surface area contributed by atoms with Gasteiger partial charge in [0.15, 0.2) is 0 Å². The highest BCUT2D eigenvalue weighted by molar-refractivity contribution is 7.99. The zero-order valence-corrected chi connectivity index (χ0v) is 14.8. The molecule has 0 aromatic heterocycles. The molecule has 2 N–H and O–H groups in total. The first-order valence-corrected chi connectivity index (χ1v) is 8.40. The number of para-hydroxylation sites is 1. The number of nitrogens with one attached hydrogen (secondary N) is 2. The van der Waals surface area contributed by atoms with Crippen LogP contribution in [0.4, 0.5) is 5.69 Å². The minimum absolute atomic E-state index is 0. The molecular weight excluding hydrogens is 341 g/mol. The van der Waals surface area contributed by atoms with Crippen LogP contribution >= 0.6 is 36.6 Å². The second-order valence-corrected chi connectivity index (χ2v) is 6.41. The second-order valence-electron chi connectivity index (χ2n) is 5.38. The molecule has 2 aliphatic heterocycles. The van der Waals surface area contributed by atoms with Gasteiger partial charge in [-0.25, -0.2) is 0 Å². The van der Waals surface area contributed by atoms with Crippen LogP contribution in [0, 0.1) is 0 Å². The SMILES string of the molecule is Cl.Cl.O=C(NC1CCN(c2ccccc2)CC1)C1CSCN1. The van der Waals surface area contributed by atoms with E-state index >= 15 is 0 Å². The second kappa shape index (κ2) is 9.50. The van der Waals surface area contributed by atoms with Crippen molar-refractivity contribution < 1.29 is 4.79 Å². The highest BCUT2D eigenvalue weighted by Gasteiger charge is 2.26. The van der Waals surface area contributed by atoms with Gasteiger partial charge in [-0.2, -0.15) is 0 Å². The molecule has 1 aromatic carbocycles. The summed E-state index contributed by atoms with van der Waals surface area (Å²) in [5.41, 5.74) is 1.28. The van der Waals surface area contributed by atoms with Crippen molar-refractivity contribution in [3.63, 3.8) is 0 Å². The van der Waals surface area contributed by atoms with Gasteiger partial charge >= 0.3 is 0 Å². The van der Waals surface area contributed by atoms with Crippen molar-refractivity contribution in [2.75, 3.05) is 29.6 Å². The maximum atomic E-state index is 12.1. The number of rotatable bonds is 3. The van der Waals surface area contributed by atoms with Crippen LogP contribution in [0.2, 0.25) is 0 Å². The van der Waals surface area contributed by atoms with Gasteiger partial charge in [-0.1, -0.05) is 18.2 Å². The number of piperidine rings is 1. The molecule has 2 aliphatic rings. The predicted molar refractivity (Wildman–Crippen MR) is 98.6 cm³/mol. The molecule has 22 heavy (non-hydrogen) atoms. The molecule has 0 radical (unpaired) electrons. The molecule has 0 bridgehead atoms. The smallest absolute Gasteiger partial charge is 0.238 e. The van der Waals surface area contributed by atoms with Crippen molar-refractivity contribution in [3.05, 3.63) is 30.3 Å². The fourth-order valence-corrected chi connectivity index (χ4v) is 3.73. The average molecular weight is 364 g/mol. The molecule has 0 saturated carbocycles. The Kier molecular flexibility index (Phi) is 8.39. The molecule has 0 aliphatic carbocycles. The minimum atomic E-state index is 0. The standard InChI is InChI=1S/C15H21N3OS.2ClH/c19-15(14-10-20-11-16-14)17-12-6-8-18(9-7-12)13-4-2-1-3-5-13;;/h1-5,12,14,16H,6-11H2,(H,17,19);2*1H. The first kappa shape index (κ1) is 19.4. The monoisotopic (exact) mass is 363 g/mol. The largest absolute Gasteiger partial charge is 0.371 e. The molecule has 7 heteroatoms. The van der Waals surface area contributed by atoms with Crippen LogP contribution < -0.4 is 15.5 Å². The highest BCUT2D eigenvalue weighted by atomic mass is 35.5. The lowest BCUT2D eigenvalue weighted by Gasteiger charge is -2.34. The van der Waals surface area contributed by atoms with Gasteiger partial charge in [-0.15, -0.1) is 36.6 Å². The van der Waals surface area contributed by atoms with Gasteiger partial charge in [-0.3, -0.25) is 10.1 Å². The van der Waals surface area contributed by atoms with E-state index in [-0.39, 0.29) is 36.8 Å². The maximum absolute atomic E-state index is 12.1. The van der Waals surface area contributed by atoms with Gasteiger partial charge in [0.1, 0.15) is 0 Å². The Labute approximate surface area is 148 Å². The summed E-state index contributed by atoms with van der Waals surface area (Å²) in [6, 6.07) is 10.8. The van der Waals surface area contributed by atoms with Crippen LogP contribution in [0.1, 0.15) is 12.8 Å².